The summed E-state index contributed by atoms with van der Waals surface area (Å²) in [7, 11) is 2.19. The van der Waals surface area contributed by atoms with Crippen molar-refractivity contribution in [2.24, 2.45) is 0 Å². The number of nitrogens with zero attached hydrogens (tertiary/aromatic N) is 3. The second-order valence-electron chi connectivity index (χ2n) is 6.93. The van der Waals surface area contributed by atoms with Gasteiger partial charge in [-0.05, 0) is 37.0 Å². The Hall–Kier alpha value is -2.34. The number of rotatable bonds is 3. The van der Waals surface area contributed by atoms with Gasteiger partial charge in [0.2, 0.25) is 0 Å². The standard InChI is InChI=1S/C19H24N4O2/c1-13-18(10-20-21-19(13)24)23-11-14-4-3-5-17(16(14)12-23)22(2)15-6-8-25-9-7-15/h3-5,10,15H,6-9,11-12H2,1-2H3,(H,21,24). The lowest BCUT2D eigenvalue weighted by Crippen LogP contribution is -2.37. The average Bonchev–Trinajstić information content (AvgIpc) is 3.08. The largest absolute Gasteiger partial charge is 0.381 e. The first kappa shape index (κ1) is 16.1. The van der Waals surface area contributed by atoms with Crippen LogP contribution in [0.4, 0.5) is 11.4 Å². The van der Waals surface area contributed by atoms with Gasteiger partial charge in [-0.15, -0.1) is 0 Å². The lowest BCUT2D eigenvalue weighted by Gasteiger charge is -2.34. The third-order valence-corrected chi connectivity index (χ3v) is 5.50. The summed E-state index contributed by atoms with van der Waals surface area (Å²) in [4.78, 5) is 16.5. The Bertz CT molecular complexity index is 826. The number of H-pyrrole nitrogens is 1. The number of hydrogen-bond acceptors (Lipinski definition) is 5. The number of nitrogens with one attached hydrogen (secondary N) is 1. The molecule has 25 heavy (non-hydrogen) atoms. The molecule has 132 valence electrons. The quantitative estimate of drug-likeness (QED) is 0.928. The van der Waals surface area contributed by atoms with Crippen LogP contribution in [0.2, 0.25) is 0 Å². The van der Waals surface area contributed by atoms with Crippen LogP contribution >= 0.6 is 0 Å². The van der Waals surface area contributed by atoms with Gasteiger partial charge in [-0.1, -0.05) is 12.1 Å². The van der Waals surface area contributed by atoms with Crippen LogP contribution in [-0.2, 0) is 17.8 Å². The van der Waals surface area contributed by atoms with Crippen molar-refractivity contribution >= 4 is 11.4 Å². The molecule has 1 aromatic heterocycles. The summed E-state index contributed by atoms with van der Waals surface area (Å²) in [6, 6.07) is 7.06. The molecule has 3 heterocycles. The minimum Gasteiger partial charge on any atom is -0.381 e. The Labute approximate surface area is 147 Å². The van der Waals surface area contributed by atoms with E-state index in [1.165, 1.54) is 16.8 Å². The molecule has 1 fully saturated rings. The molecule has 0 atom stereocenters. The number of ether oxygens (including phenoxy) is 1. The van der Waals surface area contributed by atoms with Crippen molar-refractivity contribution in [3.8, 4) is 0 Å². The Balaban J connectivity index is 1.63. The average molecular weight is 340 g/mol. The zero-order valence-corrected chi connectivity index (χ0v) is 14.8. The van der Waals surface area contributed by atoms with Gasteiger partial charge in [0, 0.05) is 50.6 Å². The molecule has 6 heteroatoms. The van der Waals surface area contributed by atoms with E-state index in [-0.39, 0.29) is 5.56 Å². The van der Waals surface area contributed by atoms with Crippen molar-refractivity contribution in [1.82, 2.24) is 10.2 Å². The summed E-state index contributed by atoms with van der Waals surface area (Å²) in [5.74, 6) is 0. The zero-order valence-electron chi connectivity index (χ0n) is 14.8. The van der Waals surface area contributed by atoms with E-state index in [4.69, 9.17) is 4.74 Å². The molecule has 2 aromatic rings. The normalized spacial score (nSPS) is 17.6. The Morgan fingerprint density at radius 3 is 2.88 bits per heavy atom. The summed E-state index contributed by atoms with van der Waals surface area (Å²) in [5, 5.41) is 6.48. The van der Waals surface area contributed by atoms with Crippen molar-refractivity contribution in [3.63, 3.8) is 0 Å². The molecule has 0 unspecified atom stereocenters. The summed E-state index contributed by atoms with van der Waals surface area (Å²) < 4.78 is 5.50. The lowest BCUT2D eigenvalue weighted by atomic mass is 10.0. The predicted octanol–water partition coefficient (Wildman–Crippen LogP) is 2.21. The minimum atomic E-state index is -0.118. The van der Waals surface area contributed by atoms with E-state index in [9.17, 15) is 4.79 Å². The second kappa shape index (κ2) is 6.52. The fourth-order valence-corrected chi connectivity index (χ4v) is 3.94. The van der Waals surface area contributed by atoms with Crippen LogP contribution in [0.5, 0.6) is 0 Å². The number of benzene rings is 1. The fourth-order valence-electron chi connectivity index (χ4n) is 3.94. The van der Waals surface area contributed by atoms with Crippen LogP contribution in [0.25, 0.3) is 0 Å². The highest BCUT2D eigenvalue weighted by atomic mass is 16.5. The van der Waals surface area contributed by atoms with Crippen LogP contribution in [-0.4, -0.2) is 36.5 Å². The topological polar surface area (TPSA) is 61.5 Å². The summed E-state index contributed by atoms with van der Waals surface area (Å²) in [6.45, 7) is 5.16. The third-order valence-electron chi connectivity index (χ3n) is 5.50. The number of fused-ring (bicyclic) bond motifs is 1. The predicted molar refractivity (Wildman–Crippen MR) is 98.2 cm³/mol. The van der Waals surface area contributed by atoms with Gasteiger partial charge in [0.1, 0.15) is 0 Å². The molecule has 1 N–H and O–H groups in total. The summed E-state index contributed by atoms with van der Waals surface area (Å²) >= 11 is 0. The monoisotopic (exact) mass is 340 g/mol. The second-order valence-corrected chi connectivity index (χ2v) is 6.93. The van der Waals surface area contributed by atoms with E-state index in [1.807, 2.05) is 6.92 Å². The number of anilines is 2. The van der Waals surface area contributed by atoms with E-state index in [2.05, 4.69) is 45.2 Å². The van der Waals surface area contributed by atoms with Crippen molar-refractivity contribution in [1.29, 1.82) is 0 Å². The molecule has 0 aliphatic carbocycles. The van der Waals surface area contributed by atoms with E-state index in [0.717, 1.165) is 50.4 Å². The molecule has 0 bridgehead atoms. The fraction of sp³-hybridized carbons (Fsp3) is 0.474. The Morgan fingerprint density at radius 2 is 2.08 bits per heavy atom. The first-order valence-electron chi connectivity index (χ1n) is 8.85. The first-order chi connectivity index (χ1) is 12.1. The van der Waals surface area contributed by atoms with Crippen molar-refractivity contribution in [2.75, 3.05) is 30.1 Å². The van der Waals surface area contributed by atoms with E-state index < -0.39 is 0 Å². The van der Waals surface area contributed by atoms with Gasteiger partial charge < -0.3 is 14.5 Å². The minimum absolute atomic E-state index is 0.118. The SMILES string of the molecule is Cc1c(N2Cc3cccc(N(C)C4CCOCC4)c3C2)cn[nH]c1=O. The van der Waals surface area contributed by atoms with E-state index in [1.54, 1.807) is 6.20 Å². The maximum absolute atomic E-state index is 11.9. The van der Waals surface area contributed by atoms with Gasteiger partial charge in [-0.3, -0.25) is 4.79 Å². The highest BCUT2D eigenvalue weighted by molar-refractivity contribution is 5.63. The van der Waals surface area contributed by atoms with Crippen LogP contribution in [0, 0.1) is 6.92 Å². The highest BCUT2D eigenvalue weighted by Crippen LogP contribution is 2.35. The molecule has 1 aromatic carbocycles. The summed E-state index contributed by atoms with van der Waals surface area (Å²) in [6.07, 6.45) is 3.90. The van der Waals surface area contributed by atoms with Crippen molar-refractivity contribution in [2.45, 2.75) is 38.9 Å². The Morgan fingerprint density at radius 1 is 1.28 bits per heavy atom. The Kier molecular flexibility index (Phi) is 4.21. The molecule has 4 rings (SSSR count). The van der Waals surface area contributed by atoms with Gasteiger partial charge in [0.25, 0.3) is 5.56 Å². The van der Waals surface area contributed by atoms with Crippen LogP contribution in [0.3, 0.4) is 0 Å². The molecule has 0 radical (unpaired) electrons. The zero-order chi connectivity index (χ0) is 17.4. The van der Waals surface area contributed by atoms with Gasteiger partial charge in [-0.2, -0.15) is 5.10 Å². The van der Waals surface area contributed by atoms with E-state index in [0.29, 0.717) is 6.04 Å². The summed E-state index contributed by atoms with van der Waals surface area (Å²) in [5.41, 5.74) is 5.50. The number of hydrogen-bond donors (Lipinski definition) is 1. The van der Waals surface area contributed by atoms with E-state index >= 15 is 0 Å². The molecule has 6 nitrogen and oxygen atoms in total. The van der Waals surface area contributed by atoms with Crippen molar-refractivity contribution in [3.05, 3.63) is 51.4 Å². The van der Waals surface area contributed by atoms with Gasteiger partial charge in [0.15, 0.2) is 0 Å². The number of aromatic amines is 1. The van der Waals surface area contributed by atoms with Crippen LogP contribution in [0.1, 0.15) is 29.5 Å². The highest BCUT2D eigenvalue weighted by Gasteiger charge is 2.27. The molecule has 0 spiro atoms. The van der Waals surface area contributed by atoms with Gasteiger partial charge in [-0.25, -0.2) is 5.10 Å². The molecular formula is C19H24N4O2. The number of aromatic nitrogens is 2. The third kappa shape index (κ3) is 2.91. The maximum atomic E-state index is 11.9. The van der Waals surface area contributed by atoms with Gasteiger partial charge in [0.05, 0.1) is 11.9 Å². The van der Waals surface area contributed by atoms with Crippen LogP contribution in [0.15, 0.2) is 29.2 Å². The molecular weight excluding hydrogens is 316 g/mol. The van der Waals surface area contributed by atoms with Crippen molar-refractivity contribution < 1.29 is 4.74 Å². The molecule has 0 amide bonds. The first-order valence-corrected chi connectivity index (χ1v) is 8.85. The molecule has 2 aliphatic rings. The molecule has 0 saturated carbocycles. The van der Waals surface area contributed by atoms with Crippen LogP contribution < -0.4 is 15.4 Å². The smallest absolute Gasteiger partial charge is 0.269 e. The lowest BCUT2D eigenvalue weighted by molar-refractivity contribution is 0.0854. The molecule has 2 aliphatic heterocycles. The van der Waals surface area contributed by atoms with Gasteiger partial charge >= 0.3 is 0 Å². The molecule has 1 saturated heterocycles. The maximum Gasteiger partial charge on any atom is 0.269 e.